The molecule has 0 bridgehead atoms. The number of benzene rings is 1. The Balaban J connectivity index is 2.07. The van der Waals surface area contributed by atoms with Gasteiger partial charge in [-0.3, -0.25) is 0 Å². The number of hydrogen-bond acceptors (Lipinski definition) is 3. The van der Waals surface area contributed by atoms with Gasteiger partial charge in [0, 0.05) is 40.6 Å². The average Bonchev–Trinajstić information content (AvgIpc) is 2.30. The van der Waals surface area contributed by atoms with Gasteiger partial charge in [0.25, 0.3) is 0 Å². The van der Waals surface area contributed by atoms with Crippen LogP contribution in [0.4, 0.5) is 11.4 Å². The normalized spacial score (nSPS) is 16.8. The highest BCUT2D eigenvalue weighted by atomic mass is 79.9. The van der Waals surface area contributed by atoms with Gasteiger partial charge in [0.1, 0.15) is 0 Å². The number of halogens is 1. The van der Waals surface area contributed by atoms with Crippen molar-refractivity contribution in [2.75, 3.05) is 35.5 Å². The van der Waals surface area contributed by atoms with Crippen LogP contribution in [0.25, 0.3) is 0 Å². The molecule has 1 aliphatic heterocycles. The van der Waals surface area contributed by atoms with Gasteiger partial charge in [0.2, 0.25) is 0 Å². The van der Waals surface area contributed by atoms with Gasteiger partial charge in [-0.15, -0.1) is 0 Å². The molecular formula is C10H13BrN2O. The molecule has 4 heteroatoms. The maximum absolute atomic E-state index is 5.30. The van der Waals surface area contributed by atoms with Crippen LogP contribution in [0.1, 0.15) is 0 Å². The maximum atomic E-state index is 5.30. The Hall–Kier alpha value is -0.740. The summed E-state index contributed by atoms with van der Waals surface area (Å²) in [6.45, 7) is 3.64. The SMILES string of the molecule is BrNc1ccc(N2CCOCC2)cc1. The Morgan fingerprint density at radius 3 is 2.36 bits per heavy atom. The first-order chi connectivity index (χ1) is 6.90. The summed E-state index contributed by atoms with van der Waals surface area (Å²) in [6, 6.07) is 8.35. The standard InChI is InChI=1S/C10H13BrN2O/c11-12-9-1-3-10(4-2-9)13-5-7-14-8-6-13/h1-4,12H,5-8H2. The summed E-state index contributed by atoms with van der Waals surface area (Å²) in [5.41, 5.74) is 2.34. The molecule has 1 N–H and O–H groups in total. The Bertz CT molecular complexity index is 283. The van der Waals surface area contributed by atoms with Crippen molar-refractivity contribution in [1.82, 2.24) is 0 Å². The Labute approximate surface area is 92.4 Å². The second kappa shape index (κ2) is 4.66. The molecule has 0 saturated carbocycles. The van der Waals surface area contributed by atoms with Crippen molar-refractivity contribution < 1.29 is 4.74 Å². The van der Waals surface area contributed by atoms with Gasteiger partial charge in [-0.05, 0) is 24.3 Å². The number of rotatable bonds is 2. The first-order valence-corrected chi connectivity index (χ1v) is 5.49. The highest BCUT2D eigenvalue weighted by Crippen LogP contribution is 2.19. The fraction of sp³-hybridized carbons (Fsp3) is 0.400. The van der Waals surface area contributed by atoms with Crippen molar-refractivity contribution >= 4 is 27.5 Å². The van der Waals surface area contributed by atoms with Crippen molar-refractivity contribution in [3.63, 3.8) is 0 Å². The van der Waals surface area contributed by atoms with E-state index >= 15 is 0 Å². The highest BCUT2D eigenvalue weighted by Gasteiger charge is 2.10. The molecule has 1 aromatic rings. The number of hydrogen-bond donors (Lipinski definition) is 1. The van der Waals surface area contributed by atoms with Gasteiger partial charge in [-0.2, -0.15) is 0 Å². The molecule has 76 valence electrons. The third kappa shape index (κ3) is 2.19. The second-order valence-electron chi connectivity index (χ2n) is 3.24. The number of anilines is 2. The number of nitrogens with zero attached hydrogens (tertiary/aromatic N) is 1. The topological polar surface area (TPSA) is 24.5 Å². The summed E-state index contributed by atoms with van der Waals surface area (Å²) in [7, 11) is 0. The van der Waals surface area contributed by atoms with Crippen LogP contribution in [-0.2, 0) is 4.74 Å². The van der Waals surface area contributed by atoms with Crippen molar-refractivity contribution in [1.29, 1.82) is 0 Å². The quantitative estimate of drug-likeness (QED) is 0.822. The van der Waals surface area contributed by atoms with Crippen molar-refractivity contribution in [3.05, 3.63) is 24.3 Å². The first-order valence-electron chi connectivity index (χ1n) is 4.69. The van der Waals surface area contributed by atoms with Crippen LogP contribution >= 0.6 is 16.1 Å². The predicted octanol–water partition coefficient (Wildman–Crippen LogP) is 2.25. The van der Waals surface area contributed by atoms with E-state index in [9.17, 15) is 0 Å². The van der Waals surface area contributed by atoms with E-state index in [1.165, 1.54) is 5.69 Å². The van der Waals surface area contributed by atoms with Gasteiger partial charge in [0.15, 0.2) is 0 Å². The maximum Gasteiger partial charge on any atom is 0.0642 e. The summed E-state index contributed by atoms with van der Waals surface area (Å²) in [4.78, 5) is 2.33. The lowest BCUT2D eigenvalue weighted by atomic mass is 10.2. The van der Waals surface area contributed by atoms with Crippen molar-refractivity contribution in [3.8, 4) is 0 Å². The molecule has 0 amide bonds. The van der Waals surface area contributed by atoms with Crippen molar-refractivity contribution in [2.24, 2.45) is 0 Å². The summed E-state index contributed by atoms with van der Waals surface area (Å²) in [6.07, 6.45) is 0. The molecule has 0 unspecified atom stereocenters. The van der Waals surface area contributed by atoms with Crippen LogP contribution in [0.3, 0.4) is 0 Å². The Morgan fingerprint density at radius 2 is 1.79 bits per heavy atom. The molecule has 1 aliphatic rings. The van der Waals surface area contributed by atoms with Gasteiger partial charge in [0.05, 0.1) is 13.2 Å². The van der Waals surface area contributed by atoms with E-state index in [1.807, 2.05) is 0 Å². The van der Waals surface area contributed by atoms with Crippen LogP contribution in [0.5, 0.6) is 0 Å². The molecule has 2 rings (SSSR count). The molecular weight excluding hydrogens is 244 g/mol. The molecule has 3 nitrogen and oxygen atoms in total. The molecule has 1 aromatic carbocycles. The molecule has 0 aromatic heterocycles. The number of morpholine rings is 1. The van der Waals surface area contributed by atoms with E-state index in [2.05, 4.69) is 49.7 Å². The Kier molecular flexibility index (Phi) is 3.26. The van der Waals surface area contributed by atoms with Gasteiger partial charge < -0.3 is 14.0 Å². The lowest BCUT2D eigenvalue weighted by molar-refractivity contribution is 0.122. The zero-order valence-corrected chi connectivity index (χ0v) is 9.46. The summed E-state index contributed by atoms with van der Waals surface area (Å²) >= 11 is 3.19. The fourth-order valence-electron chi connectivity index (χ4n) is 1.56. The predicted molar refractivity (Wildman–Crippen MR) is 62.0 cm³/mol. The molecule has 1 fully saturated rings. The van der Waals surface area contributed by atoms with E-state index in [0.29, 0.717) is 0 Å². The van der Waals surface area contributed by atoms with Crippen LogP contribution in [-0.4, -0.2) is 26.3 Å². The zero-order valence-electron chi connectivity index (χ0n) is 7.87. The molecule has 1 heterocycles. The average molecular weight is 257 g/mol. The van der Waals surface area contributed by atoms with E-state index < -0.39 is 0 Å². The van der Waals surface area contributed by atoms with Crippen LogP contribution in [0.15, 0.2) is 24.3 Å². The fourth-order valence-corrected chi connectivity index (χ4v) is 1.82. The first kappa shape index (κ1) is 9.80. The minimum Gasteiger partial charge on any atom is -0.378 e. The van der Waals surface area contributed by atoms with Gasteiger partial charge >= 0.3 is 0 Å². The lowest BCUT2D eigenvalue weighted by Gasteiger charge is -2.28. The lowest BCUT2D eigenvalue weighted by Crippen LogP contribution is -2.36. The van der Waals surface area contributed by atoms with Crippen molar-refractivity contribution in [2.45, 2.75) is 0 Å². The van der Waals surface area contributed by atoms with Crippen LogP contribution < -0.4 is 9.24 Å². The summed E-state index contributed by atoms with van der Waals surface area (Å²) < 4.78 is 8.23. The smallest absolute Gasteiger partial charge is 0.0642 e. The molecule has 14 heavy (non-hydrogen) atoms. The Morgan fingerprint density at radius 1 is 1.14 bits per heavy atom. The zero-order chi connectivity index (χ0) is 9.80. The van der Waals surface area contributed by atoms with E-state index in [0.717, 1.165) is 32.0 Å². The number of nitrogens with one attached hydrogen (secondary N) is 1. The molecule has 0 aliphatic carbocycles. The minimum atomic E-state index is 0.832. The largest absolute Gasteiger partial charge is 0.378 e. The summed E-state index contributed by atoms with van der Waals surface area (Å²) in [5.74, 6) is 0. The third-order valence-electron chi connectivity index (χ3n) is 2.35. The molecule has 1 saturated heterocycles. The molecule has 0 radical (unpaired) electrons. The van der Waals surface area contributed by atoms with E-state index in [4.69, 9.17) is 4.74 Å². The van der Waals surface area contributed by atoms with Crippen LogP contribution in [0, 0.1) is 0 Å². The van der Waals surface area contributed by atoms with Gasteiger partial charge in [-0.1, -0.05) is 0 Å². The highest BCUT2D eigenvalue weighted by molar-refractivity contribution is 9.10. The second-order valence-corrected chi connectivity index (χ2v) is 3.64. The van der Waals surface area contributed by atoms with Gasteiger partial charge in [-0.25, -0.2) is 0 Å². The summed E-state index contributed by atoms with van der Waals surface area (Å²) in [5, 5.41) is 0. The van der Waals surface area contributed by atoms with E-state index in [1.54, 1.807) is 0 Å². The van der Waals surface area contributed by atoms with Crippen LogP contribution in [0.2, 0.25) is 0 Å². The molecule has 0 atom stereocenters. The number of ether oxygens (including phenoxy) is 1. The minimum absolute atomic E-state index is 0.832. The van der Waals surface area contributed by atoms with E-state index in [-0.39, 0.29) is 0 Å². The third-order valence-corrected chi connectivity index (χ3v) is 2.81. The monoisotopic (exact) mass is 256 g/mol. The molecule has 0 spiro atoms.